The lowest BCUT2D eigenvalue weighted by Crippen LogP contribution is -2.51. The van der Waals surface area contributed by atoms with E-state index in [2.05, 4.69) is 29.4 Å². The highest BCUT2D eigenvalue weighted by molar-refractivity contribution is 5.82. The van der Waals surface area contributed by atoms with E-state index in [1.54, 1.807) is 0 Å². The Balaban J connectivity index is 1.81. The number of β-amino-alcohol motifs (C(OH)–C–C–N with tert-alkyl or cyclic N) is 1. The van der Waals surface area contributed by atoms with Crippen LogP contribution in [-0.2, 0) is 9.53 Å². The van der Waals surface area contributed by atoms with E-state index in [4.69, 9.17) is 4.74 Å². The zero-order chi connectivity index (χ0) is 15.2. The third-order valence-electron chi connectivity index (χ3n) is 4.24. The van der Waals surface area contributed by atoms with Crippen molar-refractivity contribution in [1.29, 1.82) is 0 Å². The van der Waals surface area contributed by atoms with Crippen molar-refractivity contribution < 1.29 is 14.6 Å². The van der Waals surface area contributed by atoms with Crippen LogP contribution in [0.4, 0.5) is 0 Å². The number of aliphatic hydroxyl groups excluding tert-OH is 1. The van der Waals surface area contributed by atoms with Crippen molar-refractivity contribution in [3.63, 3.8) is 0 Å². The second-order valence-electron chi connectivity index (χ2n) is 6.53. The smallest absolute Gasteiger partial charge is 0.237 e. The van der Waals surface area contributed by atoms with E-state index in [9.17, 15) is 9.90 Å². The van der Waals surface area contributed by atoms with Crippen molar-refractivity contribution in [1.82, 2.24) is 15.5 Å². The number of nitrogens with one attached hydrogen (secondary N) is 2. The summed E-state index contributed by atoms with van der Waals surface area (Å²) in [7, 11) is 0. The molecule has 0 aromatic carbocycles. The van der Waals surface area contributed by atoms with E-state index in [1.165, 1.54) is 0 Å². The maximum atomic E-state index is 12.1. The Hall–Kier alpha value is -0.690. The minimum Gasteiger partial charge on any atom is -0.392 e. The summed E-state index contributed by atoms with van der Waals surface area (Å²) in [6.07, 6.45) is 1.19. The topological polar surface area (TPSA) is 73.8 Å². The molecule has 2 rings (SSSR count). The van der Waals surface area contributed by atoms with Gasteiger partial charge in [0.05, 0.1) is 25.4 Å². The van der Waals surface area contributed by atoms with Gasteiger partial charge in [0.15, 0.2) is 0 Å². The molecule has 0 aromatic heterocycles. The molecule has 3 N–H and O–H groups in total. The fourth-order valence-electron chi connectivity index (χ4n) is 3.11. The lowest BCUT2D eigenvalue weighted by molar-refractivity contribution is -0.123. The standard InChI is InChI=1S/C15H29N3O3/c1-11(2)7-12(18-3-5-21-6-4-18)9-17-15(20)14-8-13(19)10-16-14/h11-14,16,19H,3-10H2,1-2H3,(H,17,20). The predicted octanol–water partition coefficient (Wildman–Crippen LogP) is -0.428. The first-order valence-electron chi connectivity index (χ1n) is 8.07. The van der Waals surface area contributed by atoms with E-state index < -0.39 is 6.10 Å². The van der Waals surface area contributed by atoms with Gasteiger partial charge in [-0.15, -0.1) is 0 Å². The number of rotatable bonds is 6. The number of carbonyl (C=O) groups excluding carboxylic acids is 1. The Morgan fingerprint density at radius 3 is 2.71 bits per heavy atom. The summed E-state index contributed by atoms with van der Waals surface area (Å²) in [6.45, 7) is 9.04. The highest BCUT2D eigenvalue weighted by Gasteiger charge is 2.29. The van der Waals surface area contributed by atoms with E-state index in [0.29, 0.717) is 31.5 Å². The van der Waals surface area contributed by atoms with Gasteiger partial charge in [0.1, 0.15) is 0 Å². The van der Waals surface area contributed by atoms with Crippen LogP contribution in [0.2, 0.25) is 0 Å². The molecule has 0 bridgehead atoms. The summed E-state index contributed by atoms with van der Waals surface area (Å²) in [5.74, 6) is 0.606. The zero-order valence-electron chi connectivity index (χ0n) is 13.2. The van der Waals surface area contributed by atoms with Crippen LogP contribution < -0.4 is 10.6 Å². The Morgan fingerprint density at radius 1 is 1.43 bits per heavy atom. The minimum absolute atomic E-state index is 0.00793. The summed E-state index contributed by atoms with van der Waals surface area (Å²) < 4.78 is 5.41. The third-order valence-corrected chi connectivity index (χ3v) is 4.24. The first-order chi connectivity index (χ1) is 10.1. The van der Waals surface area contributed by atoms with Crippen molar-refractivity contribution in [3.05, 3.63) is 0 Å². The molecule has 2 heterocycles. The van der Waals surface area contributed by atoms with Gasteiger partial charge in [0.25, 0.3) is 0 Å². The summed E-state index contributed by atoms with van der Waals surface area (Å²) in [5, 5.41) is 15.6. The fraction of sp³-hybridized carbons (Fsp3) is 0.933. The third kappa shape index (κ3) is 5.21. The van der Waals surface area contributed by atoms with Crippen LogP contribution in [0.3, 0.4) is 0 Å². The van der Waals surface area contributed by atoms with Gasteiger partial charge in [-0.25, -0.2) is 0 Å². The largest absolute Gasteiger partial charge is 0.392 e. The van der Waals surface area contributed by atoms with Gasteiger partial charge in [-0.05, 0) is 18.8 Å². The van der Waals surface area contributed by atoms with Crippen LogP contribution in [-0.4, -0.2) is 73.5 Å². The molecule has 21 heavy (non-hydrogen) atoms. The van der Waals surface area contributed by atoms with Crippen molar-refractivity contribution in [2.45, 2.75) is 44.9 Å². The Labute approximate surface area is 127 Å². The van der Waals surface area contributed by atoms with Crippen LogP contribution in [0.5, 0.6) is 0 Å². The first kappa shape index (κ1) is 16.7. The lowest BCUT2D eigenvalue weighted by atomic mass is 10.0. The average Bonchev–Trinajstić information content (AvgIpc) is 2.90. The zero-order valence-corrected chi connectivity index (χ0v) is 13.2. The van der Waals surface area contributed by atoms with Crippen LogP contribution in [0.1, 0.15) is 26.7 Å². The Morgan fingerprint density at radius 2 is 2.14 bits per heavy atom. The number of nitrogens with zero attached hydrogens (tertiary/aromatic N) is 1. The van der Waals surface area contributed by atoms with Crippen molar-refractivity contribution in [2.75, 3.05) is 39.4 Å². The average molecular weight is 299 g/mol. The maximum Gasteiger partial charge on any atom is 0.237 e. The van der Waals surface area contributed by atoms with Crippen molar-refractivity contribution in [3.8, 4) is 0 Å². The number of ether oxygens (including phenoxy) is 1. The van der Waals surface area contributed by atoms with Gasteiger partial charge in [0.2, 0.25) is 5.91 Å². The van der Waals surface area contributed by atoms with Gasteiger partial charge in [-0.1, -0.05) is 13.8 Å². The van der Waals surface area contributed by atoms with Gasteiger partial charge in [0, 0.05) is 32.2 Å². The number of amides is 1. The van der Waals surface area contributed by atoms with Gasteiger partial charge in [-0.2, -0.15) is 0 Å². The number of hydrogen-bond acceptors (Lipinski definition) is 5. The Kier molecular flexibility index (Phi) is 6.41. The molecule has 2 fully saturated rings. The molecule has 0 aromatic rings. The van der Waals surface area contributed by atoms with Crippen molar-refractivity contribution >= 4 is 5.91 Å². The normalized spacial score (nSPS) is 28.8. The monoisotopic (exact) mass is 299 g/mol. The molecule has 1 amide bonds. The first-order valence-corrected chi connectivity index (χ1v) is 8.07. The summed E-state index contributed by atoms with van der Waals surface area (Å²) >= 11 is 0. The van der Waals surface area contributed by atoms with E-state index >= 15 is 0 Å². The van der Waals surface area contributed by atoms with E-state index in [1.807, 2.05) is 0 Å². The van der Waals surface area contributed by atoms with Crippen LogP contribution >= 0.6 is 0 Å². The van der Waals surface area contributed by atoms with Crippen LogP contribution in [0, 0.1) is 5.92 Å². The van der Waals surface area contributed by atoms with Gasteiger partial charge < -0.3 is 20.5 Å². The molecule has 6 heteroatoms. The molecular weight excluding hydrogens is 270 g/mol. The predicted molar refractivity (Wildman–Crippen MR) is 81.1 cm³/mol. The molecule has 3 atom stereocenters. The molecule has 6 nitrogen and oxygen atoms in total. The SMILES string of the molecule is CC(C)CC(CNC(=O)C1CC(O)CN1)N1CCOCC1. The van der Waals surface area contributed by atoms with Gasteiger partial charge in [-0.3, -0.25) is 9.69 Å². The number of hydrogen-bond donors (Lipinski definition) is 3. The highest BCUT2D eigenvalue weighted by Crippen LogP contribution is 2.13. The fourth-order valence-corrected chi connectivity index (χ4v) is 3.11. The van der Waals surface area contributed by atoms with Crippen LogP contribution in [0.15, 0.2) is 0 Å². The molecular formula is C15H29N3O3. The summed E-state index contributed by atoms with van der Waals surface area (Å²) in [5.41, 5.74) is 0. The molecule has 2 aliphatic rings. The number of morpholine rings is 1. The molecule has 0 spiro atoms. The van der Waals surface area contributed by atoms with Crippen molar-refractivity contribution in [2.24, 2.45) is 5.92 Å². The molecule has 0 aliphatic carbocycles. The molecule has 122 valence electrons. The second-order valence-corrected chi connectivity index (χ2v) is 6.53. The molecule has 0 saturated carbocycles. The summed E-state index contributed by atoms with van der Waals surface area (Å²) in [4.78, 5) is 14.6. The maximum absolute atomic E-state index is 12.1. The van der Waals surface area contributed by atoms with Crippen LogP contribution in [0.25, 0.3) is 0 Å². The molecule has 0 radical (unpaired) electrons. The number of aliphatic hydroxyl groups is 1. The number of carbonyl (C=O) groups is 1. The van der Waals surface area contributed by atoms with E-state index in [0.717, 1.165) is 32.7 Å². The minimum atomic E-state index is -0.397. The highest BCUT2D eigenvalue weighted by atomic mass is 16.5. The second kappa shape index (κ2) is 8.08. The molecule has 2 saturated heterocycles. The summed E-state index contributed by atoms with van der Waals surface area (Å²) in [6, 6.07) is 0.119. The Bertz CT molecular complexity index is 332. The molecule has 3 unspecified atom stereocenters. The quantitative estimate of drug-likeness (QED) is 0.621. The molecule has 2 aliphatic heterocycles. The lowest BCUT2D eigenvalue weighted by Gasteiger charge is -2.35. The van der Waals surface area contributed by atoms with E-state index in [-0.39, 0.29) is 11.9 Å². The van der Waals surface area contributed by atoms with Gasteiger partial charge >= 0.3 is 0 Å².